The average Bonchev–Trinajstić information content (AvgIpc) is 2.45. The Morgan fingerprint density at radius 3 is 2.95 bits per heavy atom. The summed E-state index contributed by atoms with van der Waals surface area (Å²) in [7, 11) is 0. The SMILES string of the molecule is CC1CCN(CCCNC(=O)c2ccnc(Br)c2)CC1. The quantitative estimate of drug-likeness (QED) is 0.662. The Hall–Kier alpha value is -0.940. The Balaban J connectivity index is 1.64. The number of carbonyl (C=O) groups is 1. The lowest BCUT2D eigenvalue weighted by molar-refractivity contribution is 0.0950. The number of amides is 1. The molecular formula is C15H22BrN3O. The summed E-state index contributed by atoms with van der Waals surface area (Å²) in [5.41, 5.74) is 0.652. The van der Waals surface area contributed by atoms with E-state index >= 15 is 0 Å². The molecule has 0 spiro atoms. The first-order valence-electron chi connectivity index (χ1n) is 7.27. The van der Waals surface area contributed by atoms with Gasteiger partial charge in [-0.2, -0.15) is 0 Å². The second kappa shape index (κ2) is 7.74. The van der Waals surface area contributed by atoms with E-state index in [1.807, 2.05) is 0 Å². The van der Waals surface area contributed by atoms with Crippen LogP contribution in [0.1, 0.15) is 36.5 Å². The van der Waals surface area contributed by atoms with Gasteiger partial charge in [-0.3, -0.25) is 4.79 Å². The normalized spacial score (nSPS) is 17.1. The van der Waals surface area contributed by atoms with Gasteiger partial charge in [-0.25, -0.2) is 4.98 Å². The fourth-order valence-corrected chi connectivity index (χ4v) is 2.80. The van der Waals surface area contributed by atoms with Crippen molar-refractivity contribution in [2.24, 2.45) is 5.92 Å². The molecular weight excluding hydrogens is 318 g/mol. The summed E-state index contributed by atoms with van der Waals surface area (Å²) in [6.07, 6.45) is 5.25. The van der Waals surface area contributed by atoms with Gasteiger partial charge in [0, 0.05) is 18.3 Å². The number of likely N-dealkylation sites (tertiary alicyclic amines) is 1. The van der Waals surface area contributed by atoms with Crippen LogP contribution < -0.4 is 5.32 Å². The molecule has 0 unspecified atom stereocenters. The fourth-order valence-electron chi connectivity index (χ4n) is 2.44. The number of pyridine rings is 1. The summed E-state index contributed by atoms with van der Waals surface area (Å²) in [5.74, 6) is 0.844. The van der Waals surface area contributed by atoms with Crippen LogP contribution in [0.3, 0.4) is 0 Å². The molecule has 1 saturated heterocycles. The van der Waals surface area contributed by atoms with Gasteiger partial charge in [0.2, 0.25) is 0 Å². The smallest absolute Gasteiger partial charge is 0.251 e. The number of piperidine rings is 1. The predicted molar refractivity (Wildman–Crippen MR) is 83.7 cm³/mol. The number of aromatic nitrogens is 1. The maximum Gasteiger partial charge on any atom is 0.251 e. The Labute approximate surface area is 129 Å². The first kappa shape index (κ1) is 15.4. The van der Waals surface area contributed by atoms with Crippen molar-refractivity contribution in [2.75, 3.05) is 26.2 Å². The molecule has 1 aromatic rings. The van der Waals surface area contributed by atoms with Crippen LogP contribution >= 0.6 is 15.9 Å². The van der Waals surface area contributed by atoms with Crippen LogP contribution in [0, 0.1) is 5.92 Å². The molecule has 1 fully saturated rings. The molecule has 5 heteroatoms. The van der Waals surface area contributed by atoms with Crippen molar-refractivity contribution >= 4 is 21.8 Å². The second-order valence-corrected chi connectivity index (χ2v) is 6.31. The number of nitrogens with one attached hydrogen (secondary N) is 1. The van der Waals surface area contributed by atoms with Crippen LogP contribution in [-0.2, 0) is 0 Å². The lowest BCUT2D eigenvalue weighted by Gasteiger charge is -2.30. The second-order valence-electron chi connectivity index (χ2n) is 5.50. The standard InChI is InChI=1S/C15H22BrN3O/c1-12-4-9-19(10-5-12)8-2-6-18-15(20)13-3-7-17-14(16)11-13/h3,7,11-12H,2,4-6,8-10H2,1H3,(H,18,20). The number of carbonyl (C=O) groups excluding carboxylic acids is 1. The molecule has 0 aliphatic carbocycles. The van der Waals surface area contributed by atoms with Crippen molar-refractivity contribution in [1.29, 1.82) is 0 Å². The Kier molecular flexibility index (Phi) is 5.98. The van der Waals surface area contributed by atoms with Crippen LogP contribution in [-0.4, -0.2) is 42.0 Å². The van der Waals surface area contributed by atoms with E-state index < -0.39 is 0 Å². The summed E-state index contributed by atoms with van der Waals surface area (Å²) in [6.45, 7) is 6.53. The maximum absolute atomic E-state index is 11.9. The molecule has 1 N–H and O–H groups in total. The van der Waals surface area contributed by atoms with Crippen molar-refractivity contribution in [3.8, 4) is 0 Å². The van der Waals surface area contributed by atoms with E-state index in [1.54, 1.807) is 18.3 Å². The van der Waals surface area contributed by atoms with Crippen molar-refractivity contribution in [3.63, 3.8) is 0 Å². The van der Waals surface area contributed by atoms with Crippen LogP contribution in [0.15, 0.2) is 22.9 Å². The number of nitrogens with zero attached hydrogens (tertiary/aromatic N) is 2. The molecule has 110 valence electrons. The van der Waals surface area contributed by atoms with E-state index in [1.165, 1.54) is 25.9 Å². The molecule has 1 aromatic heterocycles. The third-order valence-electron chi connectivity index (χ3n) is 3.80. The highest BCUT2D eigenvalue weighted by Gasteiger charge is 2.14. The van der Waals surface area contributed by atoms with E-state index in [2.05, 4.69) is 38.1 Å². The molecule has 2 heterocycles. The number of hydrogen-bond acceptors (Lipinski definition) is 3. The molecule has 4 nitrogen and oxygen atoms in total. The zero-order valence-electron chi connectivity index (χ0n) is 11.9. The third kappa shape index (κ3) is 4.87. The molecule has 1 amide bonds. The monoisotopic (exact) mass is 339 g/mol. The summed E-state index contributed by atoms with van der Waals surface area (Å²) in [5, 5.41) is 2.96. The summed E-state index contributed by atoms with van der Waals surface area (Å²) in [4.78, 5) is 18.4. The van der Waals surface area contributed by atoms with Crippen molar-refractivity contribution in [1.82, 2.24) is 15.2 Å². The van der Waals surface area contributed by atoms with Gasteiger partial charge in [-0.15, -0.1) is 0 Å². The van der Waals surface area contributed by atoms with Gasteiger partial charge in [0.15, 0.2) is 0 Å². The van der Waals surface area contributed by atoms with E-state index in [4.69, 9.17) is 0 Å². The van der Waals surface area contributed by atoms with Gasteiger partial charge in [0.1, 0.15) is 4.60 Å². The highest BCUT2D eigenvalue weighted by Crippen LogP contribution is 2.15. The summed E-state index contributed by atoms with van der Waals surface area (Å²) in [6, 6.07) is 3.47. The summed E-state index contributed by atoms with van der Waals surface area (Å²) < 4.78 is 0.688. The Morgan fingerprint density at radius 1 is 1.50 bits per heavy atom. The van der Waals surface area contributed by atoms with Crippen LogP contribution in [0.25, 0.3) is 0 Å². The largest absolute Gasteiger partial charge is 0.352 e. The van der Waals surface area contributed by atoms with Gasteiger partial charge in [-0.05, 0) is 72.9 Å². The molecule has 0 bridgehead atoms. The Morgan fingerprint density at radius 2 is 2.25 bits per heavy atom. The van der Waals surface area contributed by atoms with Crippen molar-refractivity contribution < 1.29 is 4.79 Å². The summed E-state index contributed by atoms with van der Waals surface area (Å²) >= 11 is 3.27. The molecule has 20 heavy (non-hydrogen) atoms. The number of hydrogen-bond donors (Lipinski definition) is 1. The third-order valence-corrected chi connectivity index (χ3v) is 4.24. The predicted octanol–water partition coefficient (Wildman–Crippen LogP) is 2.70. The minimum absolute atomic E-state index is 0.0274. The minimum atomic E-state index is -0.0274. The maximum atomic E-state index is 11.9. The van der Waals surface area contributed by atoms with Gasteiger partial charge in [0.05, 0.1) is 0 Å². The molecule has 0 radical (unpaired) electrons. The Bertz CT molecular complexity index is 444. The van der Waals surface area contributed by atoms with E-state index in [-0.39, 0.29) is 5.91 Å². The zero-order valence-corrected chi connectivity index (χ0v) is 13.5. The topological polar surface area (TPSA) is 45.2 Å². The van der Waals surface area contributed by atoms with Crippen LogP contribution in [0.4, 0.5) is 0 Å². The van der Waals surface area contributed by atoms with Crippen LogP contribution in [0.5, 0.6) is 0 Å². The molecule has 0 aromatic carbocycles. The molecule has 2 rings (SSSR count). The molecule has 1 aliphatic heterocycles. The first-order chi connectivity index (χ1) is 9.65. The lowest BCUT2D eigenvalue weighted by atomic mass is 9.99. The number of halogens is 1. The van der Waals surface area contributed by atoms with Crippen molar-refractivity contribution in [2.45, 2.75) is 26.2 Å². The van der Waals surface area contributed by atoms with E-state index in [0.717, 1.165) is 25.4 Å². The van der Waals surface area contributed by atoms with Gasteiger partial charge >= 0.3 is 0 Å². The first-order valence-corrected chi connectivity index (χ1v) is 8.06. The average molecular weight is 340 g/mol. The highest BCUT2D eigenvalue weighted by molar-refractivity contribution is 9.10. The van der Waals surface area contributed by atoms with E-state index in [9.17, 15) is 4.79 Å². The van der Waals surface area contributed by atoms with E-state index in [0.29, 0.717) is 10.2 Å². The van der Waals surface area contributed by atoms with Crippen molar-refractivity contribution in [3.05, 3.63) is 28.5 Å². The van der Waals surface area contributed by atoms with Gasteiger partial charge in [0.25, 0.3) is 5.91 Å². The van der Waals surface area contributed by atoms with Gasteiger partial charge < -0.3 is 10.2 Å². The highest BCUT2D eigenvalue weighted by atomic mass is 79.9. The molecule has 0 atom stereocenters. The minimum Gasteiger partial charge on any atom is -0.352 e. The number of rotatable bonds is 5. The fraction of sp³-hybridized carbons (Fsp3) is 0.600. The molecule has 0 saturated carbocycles. The lowest BCUT2D eigenvalue weighted by Crippen LogP contribution is -2.35. The zero-order chi connectivity index (χ0) is 14.4. The molecule has 1 aliphatic rings. The van der Waals surface area contributed by atoms with Gasteiger partial charge in [-0.1, -0.05) is 6.92 Å². The van der Waals surface area contributed by atoms with Crippen LogP contribution in [0.2, 0.25) is 0 Å².